The van der Waals surface area contributed by atoms with Gasteiger partial charge in [-0.2, -0.15) is 0 Å². The number of hydrogen-bond donors (Lipinski definition) is 1. The maximum absolute atomic E-state index is 11.3. The maximum Gasteiger partial charge on any atom is 0.238 e. The van der Waals surface area contributed by atoms with Crippen LogP contribution in [-0.4, -0.2) is 18.4 Å². The largest absolute Gasteiger partial charge is 0.253 e. The molecule has 0 fully saturated rings. The summed E-state index contributed by atoms with van der Waals surface area (Å²) >= 11 is 1.48. The topological polar surface area (TPSA) is 85.9 Å². The van der Waals surface area contributed by atoms with Gasteiger partial charge in [0.05, 0.1) is 4.90 Å². The van der Waals surface area contributed by atoms with E-state index in [1.165, 1.54) is 17.4 Å². The molecular weight excluding hydrogens is 282 g/mol. The van der Waals surface area contributed by atoms with Crippen molar-refractivity contribution in [3.8, 4) is 10.7 Å². The Hall–Kier alpha value is -1.83. The highest BCUT2D eigenvalue weighted by Crippen LogP contribution is 2.28. The third kappa shape index (κ3) is 2.23. The first-order chi connectivity index (χ1) is 9.05. The third-order valence-electron chi connectivity index (χ3n) is 2.70. The molecule has 7 heteroatoms. The lowest BCUT2D eigenvalue weighted by Gasteiger charge is -2.04. The Bertz CT molecular complexity index is 843. The Morgan fingerprint density at radius 2 is 1.95 bits per heavy atom. The van der Waals surface area contributed by atoms with Crippen molar-refractivity contribution in [2.75, 3.05) is 0 Å². The van der Waals surface area contributed by atoms with Crippen molar-refractivity contribution in [3.05, 3.63) is 42.0 Å². The summed E-state index contributed by atoms with van der Waals surface area (Å²) < 4.78 is 22.7. The molecule has 96 valence electrons. The van der Waals surface area contributed by atoms with Crippen LogP contribution in [0.2, 0.25) is 0 Å². The van der Waals surface area contributed by atoms with Crippen LogP contribution in [0.4, 0.5) is 0 Å². The lowest BCUT2D eigenvalue weighted by atomic mass is 10.1. The molecule has 0 bridgehead atoms. The fourth-order valence-corrected chi connectivity index (χ4v) is 3.04. The van der Waals surface area contributed by atoms with Crippen molar-refractivity contribution >= 4 is 32.1 Å². The van der Waals surface area contributed by atoms with Gasteiger partial charge >= 0.3 is 0 Å². The monoisotopic (exact) mass is 291 g/mol. The number of thiazole rings is 1. The predicted molar refractivity (Wildman–Crippen MR) is 74.2 cm³/mol. The van der Waals surface area contributed by atoms with E-state index >= 15 is 0 Å². The molecule has 5 nitrogen and oxygen atoms in total. The van der Waals surface area contributed by atoms with Crippen molar-refractivity contribution in [3.63, 3.8) is 0 Å². The minimum Gasteiger partial charge on any atom is -0.253 e. The molecule has 3 aromatic rings. The van der Waals surface area contributed by atoms with Crippen LogP contribution in [0, 0.1) is 0 Å². The van der Waals surface area contributed by atoms with Crippen LogP contribution >= 0.6 is 11.3 Å². The minimum atomic E-state index is -3.69. The second-order valence-electron chi connectivity index (χ2n) is 3.92. The molecule has 3 rings (SSSR count). The third-order valence-corrected chi connectivity index (χ3v) is 4.39. The predicted octanol–water partition coefficient (Wildman–Crippen LogP) is 2.01. The molecule has 19 heavy (non-hydrogen) atoms. The van der Waals surface area contributed by atoms with Crippen molar-refractivity contribution < 1.29 is 8.42 Å². The molecule has 2 aromatic heterocycles. The number of nitrogens with zero attached hydrogens (tertiary/aromatic N) is 2. The SMILES string of the molecule is NS(=O)(=O)c1ccc2c(-c3nccs3)nccc2c1. The lowest BCUT2D eigenvalue weighted by molar-refractivity contribution is 0.598. The number of primary sulfonamides is 1. The summed E-state index contributed by atoms with van der Waals surface area (Å²) in [5.74, 6) is 0. The Morgan fingerprint density at radius 3 is 2.63 bits per heavy atom. The van der Waals surface area contributed by atoms with Crippen molar-refractivity contribution in [1.29, 1.82) is 0 Å². The van der Waals surface area contributed by atoms with E-state index in [4.69, 9.17) is 5.14 Å². The number of pyridine rings is 1. The summed E-state index contributed by atoms with van der Waals surface area (Å²) in [5, 5.41) is 9.42. The van der Waals surface area contributed by atoms with E-state index in [0.717, 1.165) is 21.5 Å². The zero-order valence-electron chi connectivity index (χ0n) is 9.65. The number of nitrogens with two attached hydrogens (primary N) is 1. The highest BCUT2D eigenvalue weighted by atomic mass is 32.2. The molecule has 0 saturated heterocycles. The number of benzene rings is 1. The smallest absolute Gasteiger partial charge is 0.238 e. The first kappa shape index (κ1) is 12.2. The highest BCUT2D eigenvalue weighted by molar-refractivity contribution is 7.89. The average molecular weight is 291 g/mol. The summed E-state index contributed by atoms with van der Waals surface area (Å²) in [6.45, 7) is 0. The molecular formula is C12H9N3O2S2. The normalized spacial score (nSPS) is 11.8. The van der Waals surface area contributed by atoms with E-state index in [1.54, 1.807) is 30.6 Å². The zero-order chi connectivity index (χ0) is 13.5. The number of rotatable bonds is 2. The fourth-order valence-electron chi connectivity index (χ4n) is 1.84. The second kappa shape index (κ2) is 4.37. The molecule has 0 amide bonds. The zero-order valence-corrected chi connectivity index (χ0v) is 11.3. The Morgan fingerprint density at radius 1 is 1.11 bits per heavy atom. The second-order valence-corrected chi connectivity index (χ2v) is 6.38. The molecule has 0 radical (unpaired) electrons. The van der Waals surface area contributed by atoms with E-state index in [2.05, 4.69) is 9.97 Å². The van der Waals surface area contributed by atoms with Gasteiger partial charge in [0.25, 0.3) is 0 Å². The van der Waals surface area contributed by atoms with Gasteiger partial charge < -0.3 is 0 Å². The number of aromatic nitrogens is 2. The maximum atomic E-state index is 11.3. The van der Waals surface area contributed by atoms with Crippen LogP contribution in [0.5, 0.6) is 0 Å². The van der Waals surface area contributed by atoms with E-state index in [-0.39, 0.29) is 4.90 Å². The Kier molecular flexibility index (Phi) is 2.81. The van der Waals surface area contributed by atoms with Gasteiger partial charge in [-0.1, -0.05) is 6.07 Å². The van der Waals surface area contributed by atoms with Gasteiger partial charge in [-0.3, -0.25) is 4.98 Å². The number of hydrogen-bond acceptors (Lipinski definition) is 5. The summed E-state index contributed by atoms with van der Waals surface area (Å²) in [6, 6.07) is 6.49. The summed E-state index contributed by atoms with van der Waals surface area (Å²) in [4.78, 5) is 8.62. The summed E-state index contributed by atoms with van der Waals surface area (Å²) in [7, 11) is -3.69. The molecule has 0 atom stereocenters. The number of fused-ring (bicyclic) bond motifs is 1. The number of sulfonamides is 1. The van der Waals surface area contributed by atoms with Crippen LogP contribution in [0.15, 0.2) is 46.9 Å². The molecule has 1 aromatic carbocycles. The van der Waals surface area contributed by atoms with Gasteiger partial charge in [0.2, 0.25) is 10.0 Å². The van der Waals surface area contributed by atoms with Gasteiger partial charge in [0.15, 0.2) is 0 Å². The molecule has 0 aliphatic heterocycles. The molecule has 0 spiro atoms. The van der Waals surface area contributed by atoms with Gasteiger partial charge in [0, 0.05) is 23.2 Å². The van der Waals surface area contributed by atoms with Gasteiger partial charge in [-0.25, -0.2) is 18.5 Å². The summed E-state index contributed by atoms with van der Waals surface area (Å²) in [5.41, 5.74) is 0.744. The van der Waals surface area contributed by atoms with Crippen LogP contribution in [0.3, 0.4) is 0 Å². The van der Waals surface area contributed by atoms with Gasteiger partial charge in [-0.05, 0) is 23.6 Å². The molecule has 2 N–H and O–H groups in total. The average Bonchev–Trinajstić information content (AvgIpc) is 2.90. The minimum absolute atomic E-state index is 0.0938. The molecule has 0 unspecified atom stereocenters. The van der Waals surface area contributed by atoms with Crippen LogP contribution in [0.25, 0.3) is 21.5 Å². The molecule has 2 heterocycles. The molecule has 0 saturated carbocycles. The summed E-state index contributed by atoms with van der Waals surface area (Å²) in [6.07, 6.45) is 3.34. The Balaban J connectivity index is 2.29. The van der Waals surface area contributed by atoms with Gasteiger partial charge in [-0.15, -0.1) is 11.3 Å². The van der Waals surface area contributed by atoms with Crippen molar-refractivity contribution in [1.82, 2.24) is 9.97 Å². The first-order valence-electron chi connectivity index (χ1n) is 5.37. The molecule has 0 aliphatic carbocycles. The quantitative estimate of drug-likeness (QED) is 0.782. The van der Waals surface area contributed by atoms with Crippen molar-refractivity contribution in [2.24, 2.45) is 5.14 Å². The van der Waals surface area contributed by atoms with Crippen LogP contribution < -0.4 is 5.14 Å². The van der Waals surface area contributed by atoms with E-state index in [0.29, 0.717) is 0 Å². The lowest BCUT2D eigenvalue weighted by Crippen LogP contribution is -2.11. The van der Waals surface area contributed by atoms with E-state index in [1.807, 2.05) is 5.38 Å². The fraction of sp³-hybridized carbons (Fsp3) is 0. The van der Waals surface area contributed by atoms with E-state index < -0.39 is 10.0 Å². The standard InChI is InChI=1S/C12H9N3O2S2/c13-19(16,17)9-1-2-10-8(7-9)3-4-14-11(10)12-15-5-6-18-12/h1-7H,(H2,13,16,17). The van der Waals surface area contributed by atoms with Crippen molar-refractivity contribution in [2.45, 2.75) is 4.90 Å². The first-order valence-corrected chi connectivity index (χ1v) is 7.80. The van der Waals surface area contributed by atoms with Crippen LogP contribution in [0.1, 0.15) is 0 Å². The highest BCUT2D eigenvalue weighted by Gasteiger charge is 2.12. The Labute approximate surface area is 113 Å². The van der Waals surface area contributed by atoms with Crippen LogP contribution in [-0.2, 0) is 10.0 Å². The van der Waals surface area contributed by atoms with E-state index in [9.17, 15) is 8.42 Å². The van der Waals surface area contributed by atoms with Gasteiger partial charge in [0.1, 0.15) is 10.7 Å². The molecule has 0 aliphatic rings.